The van der Waals surface area contributed by atoms with Gasteiger partial charge in [0.25, 0.3) is 0 Å². The van der Waals surface area contributed by atoms with E-state index in [1.54, 1.807) is 17.0 Å². The minimum Gasteiger partial charge on any atom is -0.467 e. The first-order valence-corrected chi connectivity index (χ1v) is 8.89. The van der Waals surface area contributed by atoms with Crippen LogP contribution >= 0.6 is 11.8 Å². The lowest BCUT2D eigenvalue weighted by atomic mass is 9.94. The second kappa shape index (κ2) is 7.70. The number of thioether (sulfide) groups is 1. The van der Waals surface area contributed by atoms with Crippen molar-refractivity contribution >= 4 is 23.6 Å². The summed E-state index contributed by atoms with van der Waals surface area (Å²) >= 11 is 1.32. The molecule has 0 saturated heterocycles. The fourth-order valence-electron chi connectivity index (χ4n) is 2.89. The molecule has 0 fully saturated rings. The number of benzene rings is 2. The number of nitrogens with zero attached hydrogens (tertiary/aromatic N) is 1. The number of hydrogen-bond acceptors (Lipinski definition) is 4. The van der Waals surface area contributed by atoms with Crippen LogP contribution in [0.25, 0.3) is 0 Å². The predicted octanol–water partition coefficient (Wildman–Crippen LogP) is 3.04. The molecule has 1 atom stereocenters. The van der Waals surface area contributed by atoms with E-state index in [1.807, 2.05) is 24.3 Å². The van der Waals surface area contributed by atoms with E-state index in [2.05, 4.69) is 0 Å². The molecule has 0 spiro atoms. The Balaban J connectivity index is 1.74. The molecule has 0 radical (unpaired) electrons. The normalized spacial score (nSPS) is 16.2. The van der Waals surface area contributed by atoms with Gasteiger partial charge in [0.1, 0.15) is 11.9 Å². The number of amides is 1. The van der Waals surface area contributed by atoms with Gasteiger partial charge < -0.3 is 9.64 Å². The molecule has 25 heavy (non-hydrogen) atoms. The van der Waals surface area contributed by atoms with Gasteiger partial charge in [-0.2, -0.15) is 0 Å². The van der Waals surface area contributed by atoms with E-state index in [0.717, 1.165) is 16.0 Å². The lowest BCUT2D eigenvalue weighted by Crippen LogP contribution is -2.49. The molecular weight excluding hydrogens is 341 g/mol. The number of esters is 1. The number of fused-ring (bicyclic) bond motifs is 1. The molecule has 0 saturated carbocycles. The number of ether oxygens (including phenoxy) is 1. The van der Waals surface area contributed by atoms with E-state index in [4.69, 9.17) is 4.74 Å². The third-order valence-electron chi connectivity index (χ3n) is 4.22. The van der Waals surface area contributed by atoms with Gasteiger partial charge >= 0.3 is 5.97 Å². The molecule has 6 heteroatoms. The summed E-state index contributed by atoms with van der Waals surface area (Å²) in [4.78, 5) is 27.2. The summed E-state index contributed by atoms with van der Waals surface area (Å²) in [5, 5.41) is 0. The van der Waals surface area contributed by atoms with Gasteiger partial charge in [0, 0.05) is 17.9 Å². The summed E-state index contributed by atoms with van der Waals surface area (Å²) in [6, 6.07) is 13.2. The lowest BCUT2D eigenvalue weighted by molar-refractivity contribution is -0.153. The second-order valence-electron chi connectivity index (χ2n) is 5.78. The van der Waals surface area contributed by atoms with Gasteiger partial charge in [0.15, 0.2) is 0 Å². The van der Waals surface area contributed by atoms with E-state index < -0.39 is 12.0 Å². The van der Waals surface area contributed by atoms with Crippen LogP contribution in [0.3, 0.4) is 0 Å². The van der Waals surface area contributed by atoms with Crippen molar-refractivity contribution in [3.05, 3.63) is 65.5 Å². The maximum Gasteiger partial charge on any atom is 0.328 e. The number of methoxy groups -OCH3 is 1. The number of carbonyl (C=O) groups is 2. The van der Waals surface area contributed by atoms with Crippen molar-refractivity contribution in [1.82, 2.24) is 4.90 Å². The molecular formula is C19H18FNO3S. The summed E-state index contributed by atoms with van der Waals surface area (Å²) in [6.07, 6.45) is 0.454. The van der Waals surface area contributed by atoms with Gasteiger partial charge in [-0.05, 0) is 35.4 Å². The quantitative estimate of drug-likeness (QED) is 0.622. The SMILES string of the molecule is COC(=O)[C@@H]1Cc2ccccc2CN1C(=O)CSc1ccc(F)cc1. The highest BCUT2D eigenvalue weighted by Crippen LogP contribution is 2.26. The maximum atomic E-state index is 13.0. The molecule has 1 aliphatic rings. The van der Waals surface area contributed by atoms with Gasteiger partial charge in [0.2, 0.25) is 5.91 Å². The van der Waals surface area contributed by atoms with Crippen molar-refractivity contribution in [3.63, 3.8) is 0 Å². The Kier molecular flexibility index (Phi) is 5.38. The van der Waals surface area contributed by atoms with E-state index in [-0.39, 0.29) is 17.5 Å². The molecule has 0 unspecified atom stereocenters. The van der Waals surface area contributed by atoms with Gasteiger partial charge in [-0.1, -0.05) is 24.3 Å². The minimum absolute atomic E-state index is 0.140. The molecule has 2 aromatic carbocycles. The molecule has 1 heterocycles. The Hall–Kier alpha value is -2.34. The summed E-state index contributed by atoms with van der Waals surface area (Å²) < 4.78 is 17.8. The van der Waals surface area contributed by atoms with Crippen LogP contribution < -0.4 is 0 Å². The van der Waals surface area contributed by atoms with Crippen LogP contribution in [0.15, 0.2) is 53.4 Å². The molecule has 2 aromatic rings. The van der Waals surface area contributed by atoms with Crippen molar-refractivity contribution < 1.29 is 18.7 Å². The highest BCUT2D eigenvalue weighted by Gasteiger charge is 2.35. The van der Waals surface area contributed by atoms with Gasteiger partial charge in [0.05, 0.1) is 12.9 Å². The van der Waals surface area contributed by atoms with Crippen molar-refractivity contribution in [1.29, 1.82) is 0 Å². The highest BCUT2D eigenvalue weighted by atomic mass is 32.2. The molecule has 1 amide bonds. The third kappa shape index (κ3) is 4.02. The summed E-state index contributed by atoms with van der Waals surface area (Å²) in [5.41, 5.74) is 2.11. The van der Waals surface area contributed by atoms with Gasteiger partial charge in [-0.25, -0.2) is 9.18 Å². The van der Waals surface area contributed by atoms with E-state index >= 15 is 0 Å². The van der Waals surface area contributed by atoms with Crippen LogP contribution in [0, 0.1) is 5.82 Å². The van der Waals surface area contributed by atoms with Crippen molar-refractivity contribution in [3.8, 4) is 0 Å². The molecule has 3 rings (SSSR count). The maximum absolute atomic E-state index is 13.0. The Morgan fingerprint density at radius 2 is 1.84 bits per heavy atom. The van der Waals surface area contributed by atoms with Crippen LogP contribution in [-0.2, 0) is 27.3 Å². The molecule has 0 N–H and O–H groups in total. The predicted molar refractivity (Wildman–Crippen MR) is 93.6 cm³/mol. The monoisotopic (exact) mass is 359 g/mol. The number of halogens is 1. The largest absolute Gasteiger partial charge is 0.467 e. The Bertz CT molecular complexity index is 778. The van der Waals surface area contributed by atoms with Crippen LogP contribution in [0.5, 0.6) is 0 Å². The minimum atomic E-state index is -0.610. The summed E-state index contributed by atoms with van der Waals surface area (Å²) in [6.45, 7) is 0.388. The standard InChI is InChI=1S/C19H18FNO3S/c1-24-19(23)17-10-13-4-2-3-5-14(13)11-21(17)18(22)12-25-16-8-6-15(20)7-9-16/h2-9,17H,10-12H2,1H3/t17-/m0/s1. The lowest BCUT2D eigenvalue weighted by Gasteiger charge is -2.35. The zero-order valence-corrected chi connectivity index (χ0v) is 14.6. The van der Waals surface area contributed by atoms with Gasteiger partial charge in [-0.15, -0.1) is 11.8 Å². The van der Waals surface area contributed by atoms with Crippen LogP contribution in [0.1, 0.15) is 11.1 Å². The molecule has 0 bridgehead atoms. The van der Waals surface area contributed by atoms with Crippen LogP contribution in [0.2, 0.25) is 0 Å². The fraction of sp³-hybridized carbons (Fsp3) is 0.263. The van der Waals surface area contributed by atoms with E-state index in [9.17, 15) is 14.0 Å². The molecule has 1 aliphatic heterocycles. The van der Waals surface area contributed by atoms with Crippen molar-refractivity contribution in [2.75, 3.05) is 12.9 Å². The van der Waals surface area contributed by atoms with Crippen LogP contribution in [0.4, 0.5) is 4.39 Å². The first-order chi connectivity index (χ1) is 12.1. The molecule has 4 nitrogen and oxygen atoms in total. The Morgan fingerprint density at radius 3 is 2.52 bits per heavy atom. The van der Waals surface area contributed by atoms with E-state index in [1.165, 1.54) is 31.0 Å². The number of carbonyl (C=O) groups excluding carboxylic acids is 2. The smallest absolute Gasteiger partial charge is 0.328 e. The van der Waals surface area contributed by atoms with Crippen molar-refractivity contribution in [2.24, 2.45) is 0 Å². The van der Waals surface area contributed by atoms with Crippen LogP contribution in [-0.4, -0.2) is 35.7 Å². The topological polar surface area (TPSA) is 46.6 Å². The summed E-state index contributed by atoms with van der Waals surface area (Å²) in [5.74, 6) is -0.677. The Morgan fingerprint density at radius 1 is 1.16 bits per heavy atom. The Labute approximate surface area is 150 Å². The molecule has 0 aliphatic carbocycles. The zero-order valence-electron chi connectivity index (χ0n) is 13.8. The van der Waals surface area contributed by atoms with Gasteiger partial charge in [-0.3, -0.25) is 4.79 Å². The third-order valence-corrected chi connectivity index (χ3v) is 5.21. The average molecular weight is 359 g/mol. The zero-order chi connectivity index (χ0) is 17.8. The average Bonchev–Trinajstić information content (AvgIpc) is 2.65. The highest BCUT2D eigenvalue weighted by molar-refractivity contribution is 8.00. The first-order valence-electron chi connectivity index (χ1n) is 7.91. The van der Waals surface area contributed by atoms with Crippen molar-refractivity contribution in [2.45, 2.75) is 23.9 Å². The van der Waals surface area contributed by atoms with E-state index in [0.29, 0.717) is 13.0 Å². The first kappa shape index (κ1) is 17.5. The molecule has 130 valence electrons. The summed E-state index contributed by atoms with van der Waals surface area (Å²) in [7, 11) is 1.33. The second-order valence-corrected chi connectivity index (χ2v) is 6.82. The fourth-order valence-corrected chi connectivity index (χ4v) is 3.67. The molecule has 0 aromatic heterocycles. The number of rotatable bonds is 4. The number of hydrogen-bond donors (Lipinski definition) is 0.